The van der Waals surface area contributed by atoms with Crippen molar-refractivity contribution in [3.05, 3.63) is 52.8 Å². The maximum atomic E-state index is 4.73. The van der Waals surface area contributed by atoms with Crippen molar-refractivity contribution >= 4 is 0 Å². The van der Waals surface area contributed by atoms with Gasteiger partial charge in [-0.15, -0.1) is 0 Å². The van der Waals surface area contributed by atoms with Crippen molar-refractivity contribution in [3.63, 3.8) is 0 Å². The Hall–Kier alpha value is -1.61. The second kappa shape index (κ2) is 6.71. The first-order chi connectivity index (χ1) is 9.67. The van der Waals surface area contributed by atoms with Gasteiger partial charge in [-0.2, -0.15) is 5.10 Å². The summed E-state index contributed by atoms with van der Waals surface area (Å²) in [5.41, 5.74) is 5.08. The fraction of sp³-hybridized carbons (Fsp3) is 0.471. The van der Waals surface area contributed by atoms with Crippen LogP contribution in [-0.2, 0) is 6.54 Å². The molecule has 0 aliphatic carbocycles. The molecular weight excluding hydrogens is 246 g/mol. The summed E-state index contributed by atoms with van der Waals surface area (Å²) < 4.78 is 2.12. The maximum absolute atomic E-state index is 4.73. The molecule has 1 unspecified atom stereocenters. The Kier molecular flexibility index (Phi) is 4.96. The highest BCUT2D eigenvalue weighted by atomic mass is 15.3. The lowest BCUT2D eigenvalue weighted by Crippen LogP contribution is -2.21. The molecule has 2 aromatic rings. The number of hydrogen-bond acceptors (Lipinski definition) is 2. The maximum Gasteiger partial charge on any atom is 0.0662 e. The number of aryl methyl sites for hydroxylation is 1. The van der Waals surface area contributed by atoms with Crippen molar-refractivity contribution in [3.8, 4) is 0 Å². The van der Waals surface area contributed by atoms with Crippen LogP contribution in [0.5, 0.6) is 0 Å². The van der Waals surface area contributed by atoms with E-state index in [2.05, 4.69) is 68.0 Å². The third kappa shape index (κ3) is 3.10. The Morgan fingerprint density at radius 3 is 2.45 bits per heavy atom. The number of hydrogen-bond donors (Lipinski definition) is 1. The molecule has 3 heteroatoms. The minimum Gasteiger partial charge on any atom is -0.310 e. The average Bonchev–Trinajstić information content (AvgIpc) is 2.72. The van der Waals surface area contributed by atoms with Crippen LogP contribution in [0.1, 0.15) is 48.8 Å². The molecule has 108 valence electrons. The summed E-state index contributed by atoms with van der Waals surface area (Å²) in [4.78, 5) is 0. The van der Waals surface area contributed by atoms with Gasteiger partial charge in [-0.05, 0) is 32.4 Å². The lowest BCUT2D eigenvalue weighted by molar-refractivity contribution is 0.531. The lowest BCUT2D eigenvalue weighted by atomic mass is 10.0. The molecule has 1 aromatic heterocycles. The van der Waals surface area contributed by atoms with Crippen LogP contribution in [0.2, 0.25) is 0 Å². The molecule has 1 N–H and O–H groups in total. The Labute approximate surface area is 122 Å². The highest BCUT2D eigenvalue weighted by molar-refractivity contribution is 5.29. The summed E-state index contributed by atoms with van der Waals surface area (Å²) in [6, 6.07) is 10.9. The molecule has 0 bridgehead atoms. The standard InChI is InChI=1S/C17H25N3/c1-5-16(18-6-2)17-13(3)19-20(14(17)4)12-15-10-8-7-9-11-15/h7-11,16,18H,5-6,12H2,1-4H3. The van der Waals surface area contributed by atoms with Crippen LogP contribution in [0.3, 0.4) is 0 Å². The summed E-state index contributed by atoms with van der Waals surface area (Å²) in [5.74, 6) is 0. The Bertz CT molecular complexity index is 543. The van der Waals surface area contributed by atoms with Gasteiger partial charge in [-0.25, -0.2) is 0 Å². The number of aromatic nitrogens is 2. The molecule has 0 saturated carbocycles. The molecule has 3 nitrogen and oxygen atoms in total. The molecule has 2 rings (SSSR count). The fourth-order valence-electron chi connectivity index (χ4n) is 2.82. The Balaban J connectivity index is 2.28. The van der Waals surface area contributed by atoms with Gasteiger partial charge in [0.15, 0.2) is 0 Å². The summed E-state index contributed by atoms with van der Waals surface area (Å²) in [6.07, 6.45) is 1.09. The largest absolute Gasteiger partial charge is 0.310 e. The van der Waals surface area contributed by atoms with E-state index < -0.39 is 0 Å². The summed E-state index contributed by atoms with van der Waals surface area (Å²) in [6.45, 7) is 10.5. The topological polar surface area (TPSA) is 29.9 Å². The first kappa shape index (κ1) is 14.8. The predicted molar refractivity (Wildman–Crippen MR) is 84.0 cm³/mol. The van der Waals surface area contributed by atoms with E-state index in [0.29, 0.717) is 6.04 Å². The summed E-state index contributed by atoms with van der Waals surface area (Å²) in [5, 5.41) is 8.29. The van der Waals surface area contributed by atoms with E-state index in [1.165, 1.54) is 16.8 Å². The molecular formula is C17H25N3. The van der Waals surface area contributed by atoms with Gasteiger partial charge in [-0.3, -0.25) is 4.68 Å². The molecule has 0 aliphatic heterocycles. The van der Waals surface area contributed by atoms with Gasteiger partial charge >= 0.3 is 0 Å². The van der Waals surface area contributed by atoms with E-state index in [-0.39, 0.29) is 0 Å². The first-order valence-corrected chi connectivity index (χ1v) is 7.48. The zero-order valence-electron chi connectivity index (χ0n) is 13.0. The minimum atomic E-state index is 0.407. The third-order valence-electron chi connectivity index (χ3n) is 3.82. The summed E-state index contributed by atoms with van der Waals surface area (Å²) >= 11 is 0. The highest BCUT2D eigenvalue weighted by Crippen LogP contribution is 2.24. The van der Waals surface area contributed by atoms with Crippen LogP contribution in [0.25, 0.3) is 0 Å². The first-order valence-electron chi connectivity index (χ1n) is 7.48. The molecule has 20 heavy (non-hydrogen) atoms. The summed E-state index contributed by atoms with van der Waals surface area (Å²) in [7, 11) is 0. The monoisotopic (exact) mass is 271 g/mol. The van der Waals surface area contributed by atoms with E-state index in [0.717, 1.165) is 25.2 Å². The number of benzene rings is 1. The number of nitrogens with one attached hydrogen (secondary N) is 1. The van der Waals surface area contributed by atoms with E-state index in [9.17, 15) is 0 Å². The van der Waals surface area contributed by atoms with Crippen molar-refractivity contribution in [2.45, 2.75) is 46.7 Å². The molecule has 0 aliphatic rings. The van der Waals surface area contributed by atoms with E-state index >= 15 is 0 Å². The van der Waals surface area contributed by atoms with Crippen LogP contribution in [0.15, 0.2) is 30.3 Å². The second-order valence-corrected chi connectivity index (χ2v) is 5.25. The van der Waals surface area contributed by atoms with Gasteiger partial charge in [0.1, 0.15) is 0 Å². The molecule has 0 radical (unpaired) electrons. The highest BCUT2D eigenvalue weighted by Gasteiger charge is 2.18. The van der Waals surface area contributed by atoms with Crippen molar-refractivity contribution in [1.29, 1.82) is 0 Å². The second-order valence-electron chi connectivity index (χ2n) is 5.25. The molecule has 1 heterocycles. The quantitative estimate of drug-likeness (QED) is 0.870. The van der Waals surface area contributed by atoms with Gasteiger partial charge in [0, 0.05) is 17.3 Å². The molecule has 0 fully saturated rings. The smallest absolute Gasteiger partial charge is 0.0662 e. The van der Waals surface area contributed by atoms with Gasteiger partial charge in [0.2, 0.25) is 0 Å². The van der Waals surface area contributed by atoms with Crippen LogP contribution in [0, 0.1) is 13.8 Å². The van der Waals surface area contributed by atoms with Crippen LogP contribution in [-0.4, -0.2) is 16.3 Å². The fourth-order valence-corrected chi connectivity index (χ4v) is 2.82. The van der Waals surface area contributed by atoms with Crippen LogP contribution < -0.4 is 5.32 Å². The number of nitrogens with zero attached hydrogens (tertiary/aromatic N) is 2. The predicted octanol–water partition coefficient (Wildman–Crippen LogP) is 3.61. The van der Waals surface area contributed by atoms with Crippen molar-refractivity contribution in [2.75, 3.05) is 6.54 Å². The van der Waals surface area contributed by atoms with E-state index in [4.69, 9.17) is 5.10 Å². The SMILES string of the molecule is CCNC(CC)c1c(C)nn(Cc2ccccc2)c1C. The zero-order valence-corrected chi connectivity index (χ0v) is 13.0. The minimum absolute atomic E-state index is 0.407. The van der Waals surface area contributed by atoms with Gasteiger partial charge in [0.05, 0.1) is 12.2 Å². The molecule has 0 amide bonds. The normalized spacial score (nSPS) is 12.6. The van der Waals surface area contributed by atoms with Gasteiger partial charge in [0.25, 0.3) is 0 Å². The third-order valence-corrected chi connectivity index (χ3v) is 3.82. The zero-order chi connectivity index (χ0) is 14.5. The van der Waals surface area contributed by atoms with Crippen LogP contribution in [0.4, 0.5) is 0 Å². The molecule has 0 saturated heterocycles. The van der Waals surface area contributed by atoms with Crippen molar-refractivity contribution in [1.82, 2.24) is 15.1 Å². The lowest BCUT2D eigenvalue weighted by Gasteiger charge is -2.16. The molecule has 0 spiro atoms. The molecule has 1 atom stereocenters. The van der Waals surface area contributed by atoms with Gasteiger partial charge < -0.3 is 5.32 Å². The van der Waals surface area contributed by atoms with Crippen molar-refractivity contribution in [2.24, 2.45) is 0 Å². The Morgan fingerprint density at radius 1 is 1.15 bits per heavy atom. The van der Waals surface area contributed by atoms with Gasteiger partial charge in [-0.1, -0.05) is 44.2 Å². The average molecular weight is 271 g/mol. The van der Waals surface area contributed by atoms with Crippen molar-refractivity contribution < 1.29 is 0 Å². The van der Waals surface area contributed by atoms with Crippen LogP contribution >= 0.6 is 0 Å². The Morgan fingerprint density at radius 2 is 1.85 bits per heavy atom. The number of rotatable bonds is 6. The molecule has 1 aromatic carbocycles. The van der Waals surface area contributed by atoms with E-state index in [1.807, 2.05) is 0 Å². The van der Waals surface area contributed by atoms with E-state index in [1.54, 1.807) is 0 Å².